The maximum atomic E-state index is 13.0. The molecule has 1 saturated heterocycles. The van der Waals surface area contributed by atoms with Crippen molar-refractivity contribution in [3.05, 3.63) is 54.0 Å². The molecule has 1 N–H and O–H groups in total. The van der Waals surface area contributed by atoms with E-state index in [0.717, 1.165) is 0 Å². The van der Waals surface area contributed by atoms with Gasteiger partial charge in [0.25, 0.3) is 5.91 Å². The van der Waals surface area contributed by atoms with E-state index in [1.165, 1.54) is 18.3 Å². The van der Waals surface area contributed by atoms with Gasteiger partial charge in [0.2, 0.25) is 0 Å². The fraction of sp³-hybridized carbons (Fsp3) is 0.333. The Morgan fingerprint density at radius 2 is 2.04 bits per heavy atom. The lowest BCUT2D eigenvalue weighted by atomic mass is 10.1. The van der Waals surface area contributed by atoms with Crippen LogP contribution < -0.4 is 5.32 Å². The van der Waals surface area contributed by atoms with Crippen LogP contribution in [0, 0.1) is 5.82 Å². The van der Waals surface area contributed by atoms with Crippen LogP contribution in [0.5, 0.6) is 0 Å². The molecule has 1 amide bonds. The Morgan fingerprint density at radius 3 is 2.65 bits per heavy atom. The van der Waals surface area contributed by atoms with E-state index in [9.17, 15) is 17.6 Å². The lowest BCUT2D eigenvalue weighted by Gasteiger charge is -2.27. The Hall–Kier alpha value is -2.48. The van der Waals surface area contributed by atoms with Gasteiger partial charge >= 0.3 is 0 Å². The van der Waals surface area contributed by atoms with E-state index in [1.807, 2.05) is 6.92 Å². The molecule has 1 aliphatic rings. The van der Waals surface area contributed by atoms with Gasteiger partial charge in [-0.3, -0.25) is 4.79 Å². The average Bonchev–Trinajstić information content (AvgIpc) is 2.97. The van der Waals surface area contributed by atoms with Crippen molar-refractivity contribution in [2.75, 3.05) is 23.4 Å². The van der Waals surface area contributed by atoms with Gasteiger partial charge in [0.05, 0.1) is 11.5 Å². The van der Waals surface area contributed by atoms with Crippen LogP contribution in [0.25, 0.3) is 0 Å². The second kappa shape index (κ2) is 7.41. The minimum Gasteiger partial charge on any atom is -0.340 e. The number of carbonyl (C=O) groups is 1. The quantitative estimate of drug-likeness (QED) is 0.866. The van der Waals surface area contributed by atoms with Crippen molar-refractivity contribution in [1.82, 2.24) is 9.88 Å². The number of hydrogen-bond donors (Lipinski definition) is 1. The molecule has 3 rings (SSSR count). The standard InChI is InChI=1S/C18H20FN3O3S/c1-2-22(16-8-10-26(24,25)12-16)18(23)13-7-9-20-17(11-13)21-15-5-3-14(19)4-6-15/h3-7,9,11,16H,2,8,10,12H2,1H3,(H,20,21). The fourth-order valence-electron chi connectivity index (χ4n) is 3.07. The monoisotopic (exact) mass is 377 g/mol. The minimum absolute atomic E-state index is 0.0123. The fourth-order valence-corrected chi connectivity index (χ4v) is 4.80. The lowest BCUT2D eigenvalue weighted by molar-refractivity contribution is 0.0708. The van der Waals surface area contributed by atoms with Crippen molar-refractivity contribution in [2.45, 2.75) is 19.4 Å². The predicted molar refractivity (Wildman–Crippen MR) is 97.7 cm³/mol. The zero-order valence-electron chi connectivity index (χ0n) is 14.4. The summed E-state index contributed by atoms with van der Waals surface area (Å²) in [6, 6.07) is 8.73. The van der Waals surface area contributed by atoms with Crippen molar-refractivity contribution < 1.29 is 17.6 Å². The number of nitrogens with one attached hydrogen (secondary N) is 1. The van der Waals surface area contributed by atoms with Crippen LogP contribution in [0.4, 0.5) is 15.9 Å². The Labute approximate surface area is 152 Å². The van der Waals surface area contributed by atoms with E-state index >= 15 is 0 Å². The zero-order valence-corrected chi connectivity index (χ0v) is 15.2. The van der Waals surface area contributed by atoms with Crippen molar-refractivity contribution in [3.63, 3.8) is 0 Å². The number of hydrogen-bond acceptors (Lipinski definition) is 5. The molecule has 26 heavy (non-hydrogen) atoms. The number of pyridine rings is 1. The maximum absolute atomic E-state index is 13.0. The highest BCUT2D eigenvalue weighted by atomic mass is 32.2. The molecule has 0 aliphatic carbocycles. The molecule has 0 saturated carbocycles. The largest absolute Gasteiger partial charge is 0.340 e. The number of amides is 1. The number of aromatic nitrogens is 1. The first-order valence-corrected chi connectivity index (χ1v) is 10.2. The van der Waals surface area contributed by atoms with Crippen molar-refractivity contribution in [2.24, 2.45) is 0 Å². The highest BCUT2D eigenvalue weighted by Crippen LogP contribution is 2.21. The summed E-state index contributed by atoms with van der Waals surface area (Å²) in [5.74, 6) is 0.0299. The molecule has 1 aliphatic heterocycles. The summed E-state index contributed by atoms with van der Waals surface area (Å²) in [7, 11) is -3.07. The van der Waals surface area contributed by atoms with Gasteiger partial charge in [-0.2, -0.15) is 0 Å². The summed E-state index contributed by atoms with van der Waals surface area (Å²) in [4.78, 5) is 18.6. The number of nitrogens with zero attached hydrogens (tertiary/aromatic N) is 2. The molecule has 138 valence electrons. The maximum Gasteiger partial charge on any atom is 0.254 e. The summed E-state index contributed by atoms with van der Waals surface area (Å²) in [5, 5.41) is 3.02. The SMILES string of the molecule is CCN(C(=O)c1ccnc(Nc2ccc(F)cc2)c1)C1CCS(=O)(=O)C1. The van der Waals surface area contributed by atoms with Crippen LogP contribution >= 0.6 is 0 Å². The van der Waals surface area contributed by atoms with E-state index in [1.54, 1.807) is 29.2 Å². The third-order valence-electron chi connectivity index (χ3n) is 4.37. The Kier molecular flexibility index (Phi) is 5.22. The van der Waals surface area contributed by atoms with E-state index in [-0.39, 0.29) is 29.3 Å². The van der Waals surface area contributed by atoms with Gasteiger partial charge < -0.3 is 10.2 Å². The highest BCUT2D eigenvalue weighted by molar-refractivity contribution is 7.91. The molecule has 1 unspecified atom stereocenters. The number of sulfone groups is 1. The molecule has 2 heterocycles. The van der Waals surface area contributed by atoms with Crippen LogP contribution in [-0.4, -0.2) is 48.3 Å². The summed E-state index contributed by atoms with van der Waals surface area (Å²) in [5.41, 5.74) is 1.08. The molecule has 0 bridgehead atoms. The first-order valence-electron chi connectivity index (χ1n) is 8.38. The third-order valence-corrected chi connectivity index (χ3v) is 6.12. The van der Waals surface area contributed by atoms with Crippen LogP contribution in [0.1, 0.15) is 23.7 Å². The van der Waals surface area contributed by atoms with E-state index in [4.69, 9.17) is 0 Å². The van der Waals surface area contributed by atoms with E-state index in [2.05, 4.69) is 10.3 Å². The number of anilines is 2. The Morgan fingerprint density at radius 1 is 1.31 bits per heavy atom. The molecular weight excluding hydrogens is 357 g/mol. The van der Waals surface area contributed by atoms with Crippen molar-refractivity contribution >= 4 is 27.2 Å². The highest BCUT2D eigenvalue weighted by Gasteiger charge is 2.34. The molecule has 2 aromatic rings. The van der Waals surface area contributed by atoms with Gasteiger partial charge in [0.15, 0.2) is 9.84 Å². The topological polar surface area (TPSA) is 79.4 Å². The number of halogens is 1. The zero-order chi connectivity index (χ0) is 18.7. The molecule has 6 nitrogen and oxygen atoms in total. The van der Waals surface area contributed by atoms with Gasteiger partial charge in [-0.1, -0.05) is 0 Å². The number of benzene rings is 1. The molecule has 1 atom stereocenters. The molecule has 1 aromatic heterocycles. The third kappa shape index (κ3) is 4.19. The predicted octanol–water partition coefficient (Wildman–Crippen LogP) is 2.61. The Bertz CT molecular complexity index is 900. The molecular formula is C18H20FN3O3S. The molecule has 1 aromatic carbocycles. The van der Waals surface area contributed by atoms with Gasteiger partial charge in [-0.05, 0) is 49.7 Å². The first-order chi connectivity index (χ1) is 12.4. The van der Waals surface area contributed by atoms with Crippen molar-refractivity contribution in [1.29, 1.82) is 0 Å². The number of carbonyl (C=O) groups excluding carboxylic acids is 1. The summed E-state index contributed by atoms with van der Waals surface area (Å²) in [6.07, 6.45) is 1.98. The van der Waals surface area contributed by atoms with Crippen LogP contribution in [0.2, 0.25) is 0 Å². The van der Waals surface area contributed by atoms with Gasteiger partial charge in [-0.25, -0.2) is 17.8 Å². The van der Waals surface area contributed by atoms with E-state index in [0.29, 0.717) is 30.0 Å². The molecule has 0 radical (unpaired) electrons. The van der Waals surface area contributed by atoms with Crippen LogP contribution in [0.15, 0.2) is 42.6 Å². The van der Waals surface area contributed by atoms with Gasteiger partial charge in [-0.15, -0.1) is 0 Å². The molecule has 0 spiro atoms. The minimum atomic E-state index is -3.07. The molecule has 8 heteroatoms. The summed E-state index contributed by atoms with van der Waals surface area (Å²) >= 11 is 0. The average molecular weight is 377 g/mol. The summed E-state index contributed by atoms with van der Waals surface area (Å²) < 4.78 is 36.4. The Balaban J connectivity index is 1.77. The lowest BCUT2D eigenvalue weighted by Crippen LogP contribution is -2.41. The van der Waals surface area contributed by atoms with E-state index < -0.39 is 9.84 Å². The molecule has 1 fully saturated rings. The van der Waals surface area contributed by atoms with Gasteiger partial charge in [0, 0.05) is 30.0 Å². The van der Waals surface area contributed by atoms with Crippen LogP contribution in [0.3, 0.4) is 0 Å². The second-order valence-electron chi connectivity index (χ2n) is 6.21. The first kappa shape index (κ1) is 18.3. The van der Waals surface area contributed by atoms with Crippen molar-refractivity contribution in [3.8, 4) is 0 Å². The number of rotatable bonds is 5. The van der Waals surface area contributed by atoms with Gasteiger partial charge in [0.1, 0.15) is 11.6 Å². The second-order valence-corrected chi connectivity index (χ2v) is 8.44. The summed E-state index contributed by atoms with van der Waals surface area (Å²) in [6.45, 7) is 2.27. The normalized spacial score (nSPS) is 18.5. The smallest absolute Gasteiger partial charge is 0.254 e. The van der Waals surface area contributed by atoms with Crippen LogP contribution in [-0.2, 0) is 9.84 Å².